The third-order valence-electron chi connectivity index (χ3n) is 4.24. The lowest BCUT2D eigenvalue weighted by Gasteiger charge is -2.25. The molecular formula is C17H28N4. The first kappa shape index (κ1) is 15.8. The van der Waals surface area contributed by atoms with Gasteiger partial charge in [0, 0.05) is 26.2 Å². The second-order valence-corrected chi connectivity index (χ2v) is 6.10. The Morgan fingerprint density at radius 1 is 1.29 bits per heavy atom. The van der Waals surface area contributed by atoms with Crippen LogP contribution >= 0.6 is 0 Å². The molecule has 1 unspecified atom stereocenters. The molecule has 0 saturated heterocycles. The molecule has 0 bridgehead atoms. The molecule has 2 N–H and O–H groups in total. The third-order valence-corrected chi connectivity index (χ3v) is 4.24. The maximum atomic E-state index is 4.32. The molecule has 1 aliphatic carbocycles. The van der Waals surface area contributed by atoms with E-state index in [1.807, 2.05) is 7.05 Å². The van der Waals surface area contributed by atoms with Gasteiger partial charge in [0.15, 0.2) is 5.96 Å². The predicted molar refractivity (Wildman–Crippen MR) is 89.6 cm³/mol. The highest BCUT2D eigenvalue weighted by Crippen LogP contribution is 2.34. The van der Waals surface area contributed by atoms with Gasteiger partial charge in [-0.1, -0.05) is 24.3 Å². The fourth-order valence-electron chi connectivity index (χ4n) is 2.66. The minimum Gasteiger partial charge on any atom is -0.355 e. The number of aliphatic imine (C=N–C) groups is 1. The van der Waals surface area contributed by atoms with E-state index in [1.54, 1.807) is 0 Å². The Bertz CT molecular complexity index is 475. The number of nitrogens with one attached hydrogen (secondary N) is 2. The average Bonchev–Trinajstić information content (AvgIpc) is 3.28. The van der Waals surface area contributed by atoms with E-state index >= 15 is 0 Å². The summed E-state index contributed by atoms with van der Waals surface area (Å²) >= 11 is 0. The molecule has 0 aliphatic heterocycles. The second-order valence-electron chi connectivity index (χ2n) is 6.10. The molecule has 0 spiro atoms. The van der Waals surface area contributed by atoms with Gasteiger partial charge in [-0.05, 0) is 50.9 Å². The molecule has 1 aliphatic rings. The smallest absolute Gasteiger partial charge is 0.191 e. The van der Waals surface area contributed by atoms with Gasteiger partial charge in [0.1, 0.15) is 0 Å². The summed E-state index contributed by atoms with van der Waals surface area (Å²) in [6, 6.07) is 9.05. The molecule has 0 radical (unpaired) electrons. The van der Waals surface area contributed by atoms with E-state index in [-0.39, 0.29) is 0 Å². The Morgan fingerprint density at radius 2 is 2.00 bits per heavy atom. The summed E-state index contributed by atoms with van der Waals surface area (Å²) in [5.41, 5.74) is 2.62. The fraction of sp³-hybridized carbons (Fsp3) is 0.588. The summed E-state index contributed by atoms with van der Waals surface area (Å²) in [5, 5.41) is 6.86. The molecule has 0 amide bonds. The highest BCUT2D eigenvalue weighted by molar-refractivity contribution is 5.79. The molecular weight excluding hydrogens is 260 g/mol. The van der Waals surface area contributed by atoms with Crippen molar-refractivity contribution in [1.29, 1.82) is 0 Å². The van der Waals surface area contributed by atoms with Crippen molar-refractivity contribution >= 4 is 5.96 Å². The largest absolute Gasteiger partial charge is 0.355 e. The van der Waals surface area contributed by atoms with Gasteiger partial charge in [-0.2, -0.15) is 0 Å². The molecule has 0 aromatic heterocycles. The van der Waals surface area contributed by atoms with Crippen molar-refractivity contribution in [3.8, 4) is 0 Å². The number of benzene rings is 1. The molecule has 21 heavy (non-hydrogen) atoms. The molecule has 2 rings (SSSR count). The first-order valence-corrected chi connectivity index (χ1v) is 7.77. The molecule has 1 fully saturated rings. The van der Waals surface area contributed by atoms with Gasteiger partial charge >= 0.3 is 0 Å². The zero-order valence-electron chi connectivity index (χ0n) is 13.7. The van der Waals surface area contributed by atoms with E-state index in [9.17, 15) is 0 Å². The van der Waals surface area contributed by atoms with Crippen LogP contribution in [0.25, 0.3) is 0 Å². The van der Waals surface area contributed by atoms with Crippen LogP contribution < -0.4 is 10.6 Å². The van der Waals surface area contributed by atoms with E-state index in [0.29, 0.717) is 6.04 Å². The first-order valence-electron chi connectivity index (χ1n) is 7.77. The normalized spacial score (nSPS) is 16.9. The van der Waals surface area contributed by atoms with Gasteiger partial charge in [-0.25, -0.2) is 0 Å². The highest BCUT2D eigenvalue weighted by Gasteiger charge is 2.32. The average molecular weight is 288 g/mol. The van der Waals surface area contributed by atoms with Crippen molar-refractivity contribution in [1.82, 2.24) is 15.5 Å². The van der Waals surface area contributed by atoms with Crippen molar-refractivity contribution in [2.75, 3.05) is 27.7 Å². The summed E-state index contributed by atoms with van der Waals surface area (Å²) in [6.45, 7) is 3.90. The lowest BCUT2D eigenvalue weighted by Crippen LogP contribution is -2.45. The quantitative estimate of drug-likeness (QED) is 0.621. The van der Waals surface area contributed by atoms with Crippen LogP contribution in [0.15, 0.2) is 29.3 Å². The zero-order chi connectivity index (χ0) is 15.2. The van der Waals surface area contributed by atoms with Crippen LogP contribution in [-0.4, -0.2) is 44.6 Å². The van der Waals surface area contributed by atoms with Gasteiger partial charge < -0.3 is 15.5 Å². The molecule has 4 nitrogen and oxygen atoms in total. The van der Waals surface area contributed by atoms with Gasteiger partial charge in [0.05, 0.1) is 0 Å². The van der Waals surface area contributed by atoms with E-state index in [2.05, 4.69) is 65.8 Å². The fourth-order valence-corrected chi connectivity index (χ4v) is 2.66. The topological polar surface area (TPSA) is 39.7 Å². The standard InChI is InChI=1S/C17H28N4/c1-13-7-5-6-8-15(13)11-19-17(18-2)20-12-16(21(3)4)14-9-10-14/h5-8,14,16H,9-12H2,1-4H3,(H2,18,19,20). The highest BCUT2D eigenvalue weighted by atomic mass is 15.2. The summed E-state index contributed by atoms with van der Waals surface area (Å²) < 4.78 is 0. The van der Waals surface area contributed by atoms with E-state index in [1.165, 1.54) is 24.0 Å². The van der Waals surface area contributed by atoms with Gasteiger partial charge in [0.2, 0.25) is 0 Å². The number of rotatable bonds is 6. The Hall–Kier alpha value is -1.55. The van der Waals surface area contributed by atoms with Gasteiger partial charge in [-0.15, -0.1) is 0 Å². The lowest BCUT2D eigenvalue weighted by molar-refractivity contribution is 0.264. The zero-order valence-corrected chi connectivity index (χ0v) is 13.7. The number of guanidine groups is 1. The van der Waals surface area contributed by atoms with Crippen molar-refractivity contribution in [2.45, 2.75) is 32.4 Å². The van der Waals surface area contributed by atoms with Crippen LogP contribution in [0, 0.1) is 12.8 Å². The van der Waals surface area contributed by atoms with Crippen molar-refractivity contribution in [3.05, 3.63) is 35.4 Å². The van der Waals surface area contributed by atoms with E-state index in [4.69, 9.17) is 0 Å². The molecule has 0 heterocycles. The van der Waals surface area contributed by atoms with Gasteiger partial charge in [-0.3, -0.25) is 4.99 Å². The summed E-state index contributed by atoms with van der Waals surface area (Å²) in [4.78, 5) is 6.64. The Kier molecular flexibility index (Phi) is 5.62. The predicted octanol–water partition coefficient (Wildman–Crippen LogP) is 2.00. The molecule has 1 atom stereocenters. The number of hydrogen-bond acceptors (Lipinski definition) is 2. The summed E-state index contributed by atoms with van der Waals surface area (Å²) in [7, 11) is 6.15. The SMILES string of the molecule is CN=C(NCc1ccccc1C)NCC(C1CC1)N(C)C. The van der Waals surface area contributed by atoms with Crippen molar-refractivity contribution in [3.63, 3.8) is 0 Å². The van der Waals surface area contributed by atoms with Crippen LogP contribution in [0.3, 0.4) is 0 Å². The summed E-state index contributed by atoms with van der Waals surface area (Å²) in [6.07, 6.45) is 2.72. The molecule has 4 heteroatoms. The minimum atomic E-state index is 0.599. The Morgan fingerprint density at radius 3 is 2.57 bits per heavy atom. The molecule has 1 aromatic carbocycles. The monoisotopic (exact) mass is 288 g/mol. The number of hydrogen-bond donors (Lipinski definition) is 2. The maximum absolute atomic E-state index is 4.32. The molecule has 116 valence electrons. The Labute approximate surface area is 128 Å². The van der Waals surface area contributed by atoms with Crippen LogP contribution in [-0.2, 0) is 6.54 Å². The Balaban J connectivity index is 1.82. The molecule has 1 aromatic rings. The van der Waals surface area contributed by atoms with Crippen LogP contribution in [0.5, 0.6) is 0 Å². The van der Waals surface area contributed by atoms with E-state index in [0.717, 1.165) is 25.0 Å². The third kappa shape index (κ3) is 4.74. The number of likely N-dealkylation sites (N-methyl/N-ethyl adjacent to an activating group) is 1. The number of nitrogens with zero attached hydrogens (tertiary/aromatic N) is 2. The molecule has 1 saturated carbocycles. The van der Waals surface area contributed by atoms with Crippen LogP contribution in [0.4, 0.5) is 0 Å². The van der Waals surface area contributed by atoms with Crippen molar-refractivity contribution < 1.29 is 0 Å². The van der Waals surface area contributed by atoms with E-state index < -0.39 is 0 Å². The van der Waals surface area contributed by atoms with Crippen LogP contribution in [0.2, 0.25) is 0 Å². The summed E-state index contributed by atoms with van der Waals surface area (Å²) in [5.74, 6) is 1.73. The van der Waals surface area contributed by atoms with Crippen LogP contribution in [0.1, 0.15) is 24.0 Å². The minimum absolute atomic E-state index is 0.599. The lowest BCUT2D eigenvalue weighted by atomic mass is 10.1. The first-order chi connectivity index (χ1) is 10.1. The van der Waals surface area contributed by atoms with Gasteiger partial charge in [0.25, 0.3) is 0 Å². The van der Waals surface area contributed by atoms with Crippen molar-refractivity contribution in [2.24, 2.45) is 10.9 Å². The maximum Gasteiger partial charge on any atom is 0.191 e. The number of aryl methyl sites for hydroxylation is 1. The second kappa shape index (κ2) is 7.46.